The fourth-order valence-electron chi connectivity index (χ4n) is 4.34. The van der Waals surface area contributed by atoms with E-state index in [9.17, 15) is 0 Å². The van der Waals surface area contributed by atoms with Gasteiger partial charge in [0.25, 0.3) is 0 Å². The molecule has 4 nitrogen and oxygen atoms in total. The van der Waals surface area contributed by atoms with Crippen LogP contribution in [-0.2, 0) is 20.8 Å². The smallest absolute Gasteiger partial charge is 0.118 e. The van der Waals surface area contributed by atoms with E-state index >= 15 is 0 Å². The molecule has 28 heavy (non-hydrogen) atoms. The van der Waals surface area contributed by atoms with Gasteiger partial charge < -0.3 is 18.9 Å². The van der Waals surface area contributed by atoms with Crippen LogP contribution in [0.2, 0.25) is 0 Å². The summed E-state index contributed by atoms with van der Waals surface area (Å²) in [7, 11) is 1.67. The highest BCUT2D eigenvalue weighted by molar-refractivity contribution is 5.86. The highest BCUT2D eigenvalue weighted by atomic mass is 16.6. The molecule has 2 saturated heterocycles. The predicted molar refractivity (Wildman–Crippen MR) is 108 cm³/mol. The van der Waals surface area contributed by atoms with Gasteiger partial charge in [-0.25, -0.2) is 0 Å². The first kappa shape index (κ1) is 17.7. The molecule has 0 saturated carbocycles. The summed E-state index contributed by atoms with van der Waals surface area (Å²) in [6.07, 6.45) is 0.934. The van der Waals surface area contributed by atoms with E-state index in [1.54, 1.807) is 7.11 Å². The average molecular weight is 376 g/mol. The Labute approximate surface area is 165 Å². The van der Waals surface area contributed by atoms with Crippen molar-refractivity contribution in [2.75, 3.05) is 20.3 Å². The Morgan fingerprint density at radius 1 is 1.00 bits per heavy atom. The highest BCUT2D eigenvalue weighted by Gasteiger charge is 2.54. The van der Waals surface area contributed by atoms with E-state index in [-0.39, 0.29) is 17.8 Å². The molecule has 3 aromatic carbocycles. The third-order valence-corrected chi connectivity index (χ3v) is 5.77. The van der Waals surface area contributed by atoms with Crippen molar-refractivity contribution in [1.82, 2.24) is 0 Å². The van der Waals surface area contributed by atoms with E-state index in [0.29, 0.717) is 19.8 Å². The molecular formula is C24H24O4. The Morgan fingerprint density at radius 3 is 2.68 bits per heavy atom. The molecule has 5 rings (SSSR count). The molecule has 0 aliphatic carbocycles. The number of rotatable bonds is 6. The molecule has 0 radical (unpaired) electrons. The predicted octanol–water partition coefficient (Wildman–Crippen LogP) is 4.66. The van der Waals surface area contributed by atoms with Gasteiger partial charge in [0.2, 0.25) is 0 Å². The molecule has 3 aromatic rings. The van der Waals surface area contributed by atoms with Gasteiger partial charge >= 0.3 is 0 Å². The van der Waals surface area contributed by atoms with Gasteiger partial charge in [-0.1, -0.05) is 54.6 Å². The topological polar surface area (TPSA) is 36.9 Å². The lowest BCUT2D eigenvalue weighted by molar-refractivity contribution is -0.167. The summed E-state index contributed by atoms with van der Waals surface area (Å²) < 4.78 is 23.9. The molecule has 144 valence electrons. The summed E-state index contributed by atoms with van der Waals surface area (Å²) in [5.74, 6) is 0.853. The standard InChI is InChI=1S/C24H24O4/c1-25-19-11-9-17(10-12-19)14-26-15-24-13-22(27-16-24)23(28-24)21-8-4-6-18-5-2-3-7-20(18)21/h2-12,22-23H,13-16H2,1H3. The second kappa shape index (κ2) is 7.21. The number of ether oxygens (including phenoxy) is 4. The van der Waals surface area contributed by atoms with Crippen molar-refractivity contribution in [3.8, 4) is 5.75 Å². The second-order valence-electron chi connectivity index (χ2n) is 7.68. The molecule has 2 aliphatic rings. The Hall–Kier alpha value is -2.40. The van der Waals surface area contributed by atoms with Crippen molar-refractivity contribution in [2.24, 2.45) is 0 Å². The zero-order valence-electron chi connectivity index (χ0n) is 16.0. The van der Waals surface area contributed by atoms with Crippen LogP contribution >= 0.6 is 0 Å². The molecule has 0 amide bonds. The minimum absolute atomic E-state index is 0.0376. The van der Waals surface area contributed by atoms with Gasteiger partial charge in [-0.3, -0.25) is 0 Å². The third-order valence-electron chi connectivity index (χ3n) is 5.77. The molecule has 2 bridgehead atoms. The summed E-state index contributed by atoms with van der Waals surface area (Å²) in [5, 5.41) is 2.47. The van der Waals surface area contributed by atoms with Crippen LogP contribution in [0.1, 0.15) is 23.7 Å². The zero-order valence-corrected chi connectivity index (χ0v) is 16.0. The molecule has 0 spiro atoms. The van der Waals surface area contributed by atoms with Crippen molar-refractivity contribution in [3.05, 3.63) is 77.9 Å². The van der Waals surface area contributed by atoms with Gasteiger partial charge in [-0.15, -0.1) is 0 Å². The molecule has 4 heteroatoms. The SMILES string of the molecule is COc1ccc(COCC23COC(C2)C(c2cccc4ccccc24)O3)cc1. The lowest BCUT2D eigenvalue weighted by atomic mass is 9.96. The minimum Gasteiger partial charge on any atom is -0.497 e. The summed E-state index contributed by atoms with van der Waals surface area (Å²) >= 11 is 0. The molecular weight excluding hydrogens is 352 g/mol. The van der Waals surface area contributed by atoms with E-state index in [1.807, 2.05) is 24.3 Å². The summed E-state index contributed by atoms with van der Waals surface area (Å²) in [5.41, 5.74) is 1.98. The van der Waals surface area contributed by atoms with Crippen LogP contribution in [-0.4, -0.2) is 32.0 Å². The lowest BCUT2D eigenvalue weighted by Gasteiger charge is -2.31. The quantitative estimate of drug-likeness (QED) is 0.627. The Kier molecular flexibility index (Phi) is 4.55. The molecule has 0 N–H and O–H groups in total. The van der Waals surface area contributed by atoms with E-state index in [2.05, 4.69) is 42.5 Å². The van der Waals surface area contributed by atoms with Crippen molar-refractivity contribution < 1.29 is 18.9 Å². The van der Waals surface area contributed by atoms with Crippen molar-refractivity contribution in [2.45, 2.75) is 30.8 Å². The first-order chi connectivity index (χ1) is 13.8. The molecule has 3 unspecified atom stereocenters. The van der Waals surface area contributed by atoms with Crippen molar-refractivity contribution in [3.63, 3.8) is 0 Å². The fraction of sp³-hybridized carbons (Fsp3) is 0.333. The molecule has 2 heterocycles. The van der Waals surface area contributed by atoms with Gasteiger partial charge in [-0.05, 0) is 34.0 Å². The van der Waals surface area contributed by atoms with Gasteiger partial charge in [0, 0.05) is 6.42 Å². The van der Waals surface area contributed by atoms with Crippen LogP contribution < -0.4 is 4.74 Å². The Balaban J connectivity index is 1.28. The van der Waals surface area contributed by atoms with Crippen LogP contribution in [0.3, 0.4) is 0 Å². The van der Waals surface area contributed by atoms with Crippen molar-refractivity contribution in [1.29, 1.82) is 0 Å². The number of benzene rings is 3. The van der Waals surface area contributed by atoms with E-state index in [1.165, 1.54) is 16.3 Å². The van der Waals surface area contributed by atoms with Crippen LogP contribution in [0.25, 0.3) is 10.8 Å². The normalized spacial score (nSPS) is 26.0. The van der Waals surface area contributed by atoms with Crippen LogP contribution in [0.5, 0.6) is 5.75 Å². The van der Waals surface area contributed by atoms with Crippen LogP contribution in [0.4, 0.5) is 0 Å². The van der Waals surface area contributed by atoms with Gasteiger partial charge in [0.05, 0.1) is 33.0 Å². The monoisotopic (exact) mass is 376 g/mol. The lowest BCUT2D eigenvalue weighted by Crippen LogP contribution is -2.38. The van der Waals surface area contributed by atoms with Crippen molar-refractivity contribution >= 4 is 10.8 Å². The Morgan fingerprint density at radius 2 is 1.82 bits per heavy atom. The number of methoxy groups -OCH3 is 1. The van der Waals surface area contributed by atoms with E-state index < -0.39 is 0 Å². The van der Waals surface area contributed by atoms with Gasteiger partial charge in [0.1, 0.15) is 17.5 Å². The maximum atomic E-state index is 6.55. The summed E-state index contributed by atoms with van der Waals surface area (Å²) in [6.45, 7) is 1.69. The average Bonchev–Trinajstić information content (AvgIpc) is 3.32. The Bertz CT molecular complexity index is 963. The van der Waals surface area contributed by atoms with E-state index in [4.69, 9.17) is 18.9 Å². The number of fused-ring (bicyclic) bond motifs is 3. The largest absolute Gasteiger partial charge is 0.497 e. The maximum Gasteiger partial charge on any atom is 0.118 e. The first-order valence-electron chi connectivity index (χ1n) is 9.74. The highest BCUT2D eigenvalue weighted by Crippen LogP contribution is 2.48. The van der Waals surface area contributed by atoms with Crippen LogP contribution in [0, 0.1) is 0 Å². The molecule has 0 aromatic heterocycles. The van der Waals surface area contributed by atoms with Gasteiger partial charge in [-0.2, -0.15) is 0 Å². The molecule has 2 fully saturated rings. The zero-order chi connectivity index (χ0) is 19.0. The maximum absolute atomic E-state index is 6.55. The van der Waals surface area contributed by atoms with Crippen LogP contribution in [0.15, 0.2) is 66.7 Å². The third kappa shape index (κ3) is 3.18. The first-order valence-corrected chi connectivity index (χ1v) is 9.74. The van der Waals surface area contributed by atoms with E-state index in [0.717, 1.165) is 17.7 Å². The minimum atomic E-state index is -0.348. The number of hydrogen-bond acceptors (Lipinski definition) is 4. The molecule has 3 atom stereocenters. The summed E-state index contributed by atoms with van der Waals surface area (Å²) in [6, 6.07) is 22.8. The summed E-state index contributed by atoms with van der Waals surface area (Å²) in [4.78, 5) is 0. The molecule has 2 aliphatic heterocycles. The second-order valence-corrected chi connectivity index (χ2v) is 7.68. The fourth-order valence-corrected chi connectivity index (χ4v) is 4.34. The van der Waals surface area contributed by atoms with Gasteiger partial charge in [0.15, 0.2) is 0 Å². The number of hydrogen-bond donors (Lipinski definition) is 0.